The molecule has 4 aliphatic rings. The van der Waals surface area contributed by atoms with E-state index in [-0.39, 0.29) is 35.5 Å². The van der Waals surface area contributed by atoms with Gasteiger partial charge in [-0.2, -0.15) is 0 Å². The molecular weight excluding hydrogens is 847 g/mol. The molecule has 16 nitrogen and oxygen atoms in total. The molecule has 18 heteroatoms. The molecule has 1 amide bonds. The van der Waals surface area contributed by atoms with Crippen molar-refractivity contribution >= 4 is 57.3 Å². The van der Waals surface area contributed by atoms with Gasteiger partial charge in [-0.05, 0) is 78.0 Å². The lowest BCUT2D eigenvalue weighted by molar-refractivity contribution is -0.346. The normalized spacial score (nSPS) is 32.1. The van der Waals surface area contributed by atoms with Crippen LogP contribution in [-0.4, -0.2) is 129 Å². The lowest BCUT2D eigenvalue weighted by Crippen LogP contribution is -2.82. The van der Waals surface area contributed by atoms with Gasteiger partial charge >= 0.3 is 30.0 Å². The standard InChI is InChI=1S/C44H59NO15S2/c1-22(2)17-26(45-39(53)60-40(5,6)7)32(49)38(52)56-27-19-44(54)36(58-37(51)25-15-13-12-14-16-25)34-42(10,28(47)18-29-43(34,21-55-29)59-24(4)46)35(50)33(57-30(48)20-62-61-11)31(23(27)3)41(44,8)9/h12-17,26-29,32-34,36,47,49,54H,18-21H2,1-11H3,(H,45,53)/t26-,27-,28-,29+,32+,33+,34-,36-,42+,43-,44+/m0/s1. The largest absolute Gasteiger partial charge is 0.456 e. The maximum atomic E-state index is 15.7. The van der Waals surface area contributed by atoms with Crippen LogP contribution in [0.15, 0.2) is 53.1 Å². The van der Waals surface area contributed by atoms with E-state index in [0.717, 1.165) is 17.7 Å². The molecule has 0 unspecified atom stereocenters. The number of hydrogen-bond acceptors (Lipinski definition) is 17. The molecule has 0 radical (unpaired) electrons. The highest BCUT2D eigenvalue weighted by Crippen LogP contribution is 2.64. The molecule has 1 saturated heterocycles. The Labute approximate surface area is 369 Å². The maximum Gasteiger partial charge on any atom is 0.408 e. The van der Waals surface area contributed by atoms with Gasteiger partial charge in [-0.1, -0.05) is 65.3 Å². The molecule has 1 aromatic carbocycles. The third kappa shape index (κ3) is 9.18. The number of Topliss-reactive ketones (excluding diaryl/α,β-unsaturated/α-hetero) is 1. The number of aliphatic hydroxyl groups excluding tert-OH is 2. The van der Waals surface area contributed by atoms with E-state index in [1.165, 1.54) is 42.9 Å². The summed E-state index contributed by atoms with van der Waals surface area (Å²) in [6.07, 6.45) is -8.29. The number of fused-ring (bicyclic) bond motifs is 5. The van der Waals surface area contributed by atoms with Gasteiger partial charge in [0, 0.05) is 25.2 Å². The lowest BCUT2D eigenvalue weighted by atomic mass is 9.44. The van der Waals surface area contributed by atoms with E-state index in [4.69, 9.17) is 28.4 Å². The van der Waals surface area contributed by atoms with Gasteiger partial charge in [0.25, 0.3) is 0 Å². The third-order valence-corrected chi connectivity index (χ3v) is 14.1. The number of ketones is 1. The number of ether oxygens (including phenoxy) is 6. The fourth-order valence-corrected chi connectivity index (χ4v) is 10.4. The molecule has 3 aliphatic carbocycles. The molecule has 5 rings (SSSR count). The molecule has 1 heterocycles. The van der Waals surface area contributed by atoms with Crippen LogP contribution in [0.5, 0.6) is 0 Å². The number of hydrogen-bond donors (Lipinski definition) is 4. The number of carbonyl (C=O) groups excluding carboxylic acids is 6. The predicted molar refractivity (Wildman–Crippen MR) is 227 cm³/mol. The molecule has 0 spiro atoms. The van der Waals surface area contributed by atoms with E-state index < -0.39 is 118 Å². The van der Waals surface area contributed by atoms with Gasteiger partial charge in [-0.3, -0.25) is 14.4 Å². The van der Waals surface area contributed by atoms with Crippen molar-refractivity contribution in [2.45, 2.75) is 142 Å². The van der Waals surface area contributed by atoms with Crippen LogP contribution < -0.4 is 5.32 Å². The second kappa shape index (κ2) is 18.3. The van der Waals surface area contributed by atoms with E-state index in [0.29, 0.717) is 5.57 Å². The van der Waals surface area contributed by atoms with Crippen molar-refractivity contribution in [3.05, 3.63) is 58.7 Å². The van der Waals surface area contributed by atoms with Crippen molar-refractivity contribution in [1.82, 2.24) is 5.32 Å². The number of nitrogens with one attached hydrogen (secondary N) is 1. The van der Waals surface area contributed by atoms with Crippen LogP contribution in [0.4, 0.5) is 4.79 Å². The van der Waals surface area contributed by atoms with Crippen LogP contribution in [0.25, 0.3) is 0 Å². The van der Waals surface area contributed by atoms with Crippen LogP contribution >= 0.6 is 21.6 Å². The Hall–Kier alpha value is -3.94. The number of rotatable bonds is 12. The van der Waals surface area contributed by atoms with E-state index in [2.05, 4.69) is 5.32 Å². The third-order valence-electron chi connectivity index (χ3n) is 12.5. The Morgan fingerprint density at radius 1 is 1.03 bits per heavy atom. The average Bonchev–Trinajstić information content (AvgIpc) is 3.16. The zero-order valence-electron chi connectivity index (χ0n) is 37.0. The summed E-state index contributed by atoms with van der Waals surface area (Å²) in [5, 5.41) is 39.8. The van der Waals surface area contributed by atoms with Crippen LogP contribution in [-0.2, 0) is 47.6 Å². The Bertz CT molecular complexity index is 1990. The van der Waals surface area contributed by atoms with Gasteiger partial charge in [0.15, 0.2) is 23.6 Å². The molecule has 0 aromatic heterocycles. The minimum Gasteiger partial charge on any atom is -0.456 e. The smallest absolute Gasteiger partial charge is 0.408 e. The Balaban J connectivity index is 1.75. The molecule has 62 heavy (non-hydrogen) atoms. The quantitative estimate of drug-likeness (QED) is 0.0985. The first-order chi connectivity index (χ1) is 28.7. The number of amides is 1. The number of esters is 4. The molecule has 4 N–H and O–H groups in total. The highest BCUT2D eigenvalue weighted by atomic mass is 33.1. The van der Waals surface area contributed by atoms with E-state index in [1.54, 1.807) is 72.9 Å². The summed E-state index contributed by atoms with van der Waals surface area (Å²) in [7, 11) is 2.44. The van der Waals surface area contributed by atoms with E-state index in [9.17, 15) is 39.3 Å². The SMILES string of the molecule is CSSCC(=O)O[C@H]1C(=O)[C@@]2(C)[C@H]([C@H](OC(=O)c3ccccc3)[C@]3(O)C[C@H](OC(=O)[C@H](O)[C@H](C=C(C)C)NC(=O)OC(C)(C)C)C(C)=C1C3(C)C)[C@]1(OC(C)=O)CO[C@@H]1C[C@@H]2O. The average molecular weight is 906 g/mol. The predicted octanol–water partition coefficient (Wildman–Crippen LogP) is 4.42. The van der Waals surface area contributed by atoms with Gasteiger partial charge in [-0.25, -0.2) is 14.4 Å². The van der Waals surface area contributed by atoms with Crippen molar-refractivity contribution in [2.75, 3.05) is 18.6 Å². The first-order valence-electron chi connectivity index (χ1n) is 20.4. The number of carbonyl (C=O) groups is 6. The van der Waals surface area contributed by atoms with Crippen molar-refractivity contribution in [3.63, 3.8) is 0 Å². The van der Waals surface area contributed by atoms with Crippen LogP contribution in [0, 0.1) is 16.7 Å². The van der Waals surface area contributed by atoms with Crippen LogP contribution in [0.1, 0.15) is 92.4 Å². The highest BCUT2D eigenvalue weighted by Gasteiger charge is 2.78. The topological polar surface area (TPSA) is 231 Å². The van der Waals surface area contributed by atoms with Crippen molar-refractivity contribution < 1.29 is 72.5 Å². The highest BCUT2D eigenvalue weighted by molar-refractivity contribution is 8.76. The second-order valence-corrected chi connectivity index (χ2v) is 20.9. The number of alkyl carbamates (subject to hydrolysis) is 1. The van der Waals surface area contributed by atoms with E-state index in [1.807, 2.05) is 0 Å². The minimum atomic E-state index is -2.40. The molecule has 2 bridgehead atoms. The Kier molecular flexibility index (Phi) is 14.5. The van der Waals surface area contributed by atoms with Crippen molar-refractivity contribution in [2.24, 2.45) is 16.7 Å². The minimum absolute atomic E-state index is 0.0000703. The molecular formula is C44H59NO15S2. The number of benzene rings is 1. The van der Waals surface area contributed by atoms with Crippen molar-refractivity contribution in [1.29, 1.82) is 0 Å². The number of allylic oxidation sites excluding steroid dienone is 1. The second-order valence-electron chi connectivity index (χ2n) is 18.4. The summed E-state index contributed by atoms with van der Waals surface area (Å²) in [5.41, 5.74) is -7.97. The Morgan fingerprint density at radius 2 is 1.68 bits per heavy atom. The van der Waals surface area contributed by atoms with Gasteiger partial charge < -0.3 is 49.1 Å². The Morgan fingerprint density at radius 3 is 2.23 bits per heavy atom. The molecule has 1 aromatic rings. The fraction of sp³-hybridized carbons (Fsp3) is 0.636. The zero-order valence-corrected chi connectivity index (χ0v) is 38.6. The summed E-state index contributed by atoms with van der Waals surface area (Å²) >= 11 is 0. The first kappa shape index (κ1) is 49.1. The molecule has 1 aliphatic heterocycles. The summed E-state index contributed by atoms with van der Waals surface area (Å²) in [6.45, 7) is 15.2. The monoisotopic (exact) mass is 905 g/mol. The van der Waals surface area contributed by atoms with Gasteiger partial charge in [0.05, 0.1) is 35.6 Å². The van der Waals surface area contributed by atoms with Gasteiger partial charge in [0.1, 0.15) is 35.3 Å². The molecule has 2 saturated carbocycles. The summed E-state index contributed by atoms with van der Waals surface area (Å²) in [4.78, 5) is 83.6. The number of aliphatic hydroxyl groups is 3. The maximum absolute atomic E-state index is 15.7. The van der Waals surface area contributed by atoms with Crippen LogP contribution in [0.2, 0.25) is 0 Å². The zero-order chi connectivity index (χ0) is 46.3. The molecule has 3 fully saturated rings. The van der Waals surface area contributed by atoms with Crippen LogP contribution in [0.3, 0.4) is 0 Å². The summed E-state index contributed by atoms with van der Waals surface area (Å²) in [6, 6.07) is 6.49. The summed E-state index contributed by atoms with van der Waals surface area (Å²) < 4.78 is 35.9. The summed E-state index contributed by atoms with van der Waals surface area (Å²) in [5.74, 6) is -6.39. The lowest BCUT2D eigenvalue weighted by Gasteiger charge is -2.67. The molecule has 342 valence electrons. The van der Waals surface area contributed by atoms with Gasteiger partial charge in [-0.15, -0.1) is 0 Å². The molecule has 11 atom stereocenters. The van der Waals surface area contributed by atoms with E-state index >= 15 is 4.79 Å². The first-order valence-corrected chi connectivity index (χ1v) is 23.1. The van der Waals surface area contributed by atoms with Gasteiger partial charge in [0.2, 0.25) is 0 Å². The fourth-order valence-electron chi connectivity index (χ4n) is 9.50. The van der Waals surface area contributed by atoms with Crippen molar-refractivity contribution in [3.8, 4) is 0 Å².